The number of para-hydroxylation sites is 1. The molecular formula is C22H25N3O3S2. The first kappa shape index (κ1) is 21.9. The van der Waals surface area contributed by atoms with Gasteiger partial charge in [-0.3, -0.25) is 9.52 Å². The Morgan fingerprint density at radius 2 is 1.70 bits per heavy atom. The molecule has 0 aliphatic carbocycles. The maximum absolute atomic E-state index is 12.7. The molecule has 1 heterocycles. The van der Waals surface area contributed by atoms with E-state index in [2.05, 4.69) is 29.2 Å². The van der Waals surface area contributed by atoms with Gasteiger partial charge in [-0.1, -0.05) is 44.2 Å². The van der Waals surface area contributed by atoms with Crippen LogP contribution in [0.4, 0.5) is 11.4 Å². The van der Waals surface area contributed by atoms with Gasteiger partial charge in [0.1, 0.15) is 4.21 Å². The summed E-state index contributed by atoms with van der Waals surface area (Å²) in [7, 11) is -3.66. The van der Waals surface area contributed by atoms with E-state index < -0.39 is 10.0 Å². The van der Waals surface area contributed by atoms with E-state index in [1.165, 1.54) is 12.1 Å². The average Bonchev–Trinajstić information content (AvgIpc) is 3.27. The van der Waals surface area contributed by atoms with E-state index >= 15 is 0 Å². The van der Waals surface area contributed by atoms with Crippen molar-refractivity contribution in [1.82, 2.24) is 5.32 Å². The molecular weight excluding hydrogens is 418 g/mol. The lowest BCUT2D eigenvalue weighted by Gasteiger charge is -2.24. The van der Waals surface area contributed by atoms with Crippen LogP contribution >= 0.6 is 11.3 Å². The molecule has 0 saturated carbocycles. The maximum Gasteiger partial charge on any atom is 0.271 e. The minimum Gasteiger partial charge on any atom is -0.380 e. The fourth-order valence-electron chi connectivity index (χ4n) is 2.85. The molecule has 1 amide bonds. The Morgan fingerprint density at radius 3 is 2.37 bits per heavy atom. The van der Waals surface area contributed by atoms with Crippen molar-refractivity contribution in [2.24, 2.45) is 5.92 Å². The molecule has 158 valence electrons. The van der Waals surface area contributed by atoms with Crippen LogP contribution < -0.4 is 15.4 Å². The Balaban J connectivity index is 1.64. The molecule has 3 aromatic rings. The number of benzene rings is 2. The molecule has 0 aliphatic rings. The highest BCUT2D eigenvalue weighted by atomic mass is 32.2. The highest BCUT2D eigenvalue weighted by Crippen LogP contribution is 2.21. The lowest BCUT2D eigenvalue weighted by Crippen LogP contribution is -2.39. The van der Waals surface area contributed by atoms with Crippen molar-refractivity contribution in [3.05, 3.63) is 77.7 Å². The molecule has 0 spiro atoms. The largest absolute Gasteiger partial charge is 0.380 e. The zero-order valence-electron chi connectivity index (χ0n) is 16.8. The minimum absolute atomic E-state index is 0.0527. The number of rotatable bonds is 9. The van der Waals surface area contributed by atoms with E-state index in [1.54, 1.807) is 29.6 Å². The van der Waals surface area contributed by atoms with Gasteiger partial charge < -0.3 is 10.6 Å². The van der Waals surface area contributed by atoms with Gasteiger partial charge in [-0.25, -0.2) is 8.42 Å². The van der Waals surface area contributed by atoms with E-state index in [4.69, 9.17) is 0 Å². The number of hydrogen-bond donors (Lipinski definition) is 3. The third-order valence-corrected chi connectivity index (χ3v) is 7.33. The SMILES string of the molecule is CC(C)C(CNC(=O)c1cccc(NS(=O)(=O)c2cccs2)c1)Nc1ccccc1. The Labute approximate surface area is 181 Å². The summed E-state index contributed by atoms with van der Waals surface area (Å²) in [6.07, 6.45) is 0. The molecule has 0 bridgehead atoms. The first-order valence-electron chi connectivity index (χ1n) is 9.61. The van der Waals surface area contributed by atoms with Gasteiger partial charge in [0.15, 0.2) is 0 Å². The van der Waals surface area contributed by atoms with E-state index in [0.717, 1.165) is 17.0 Å². The molecule has 1 atom stereocenters. The van der Waals surface area contributed by atoms with Crippen molar-refractivity contribution in [3.8, 4) is 0 Å². The van der Waals surface area contributed by atoms with Crippen molar-refractivity contribution in [1.29, 1.82) is 0 Å². The number of thiophene rings is 1. The Kier molecular flexibility index (Phi) is 7.12. The van der Waals surface area contributed by atoms with Gasteiger partial charge in [0.05, 0.1) is 0 Å². The van der Waals surface area contributed by atoms with E-state index in [-0.39, 0.29) is 16.2 Å². The smallest absolute Gasteiger partial charge is 0.271 e. The van der Waals surface area contributed by atoms with Gasteiger partial charge in [-0.2, -0.15) is 0 Å². The van der Waals surface area contributed by atoms with Crippen molar-refractivity contribution in [2.45, 2.75) is 24.1 Å². The Morgan fingerprint density at radius 1 is 0.967 bits per heavy atom. The van der Waals surface area contributed by atoms with Crippen LogP contribution in [0.5, 0.6) is 0 Å². The second-order valence-electron chi connectivity index (χ2n) is 7.19. The molecule has 3 N–H and O–H groups in total. The third-order valence-electron chi connectivity index (χ3n) is 4.55. The molecule has 6 nitrogen and oxygen atoms in total. The van der Waals surface area contributed by atoms with Crippen LogP contribution in [-0.2, 0) is 10.0 Å². The molecule has 1 unspecified atom stereocenters. The highest BCUT2D eigenvalue weighted by Gasteiger charge is 2.17. The first-order valence-corrected chi connectivity index (χ1v) is 12.0. The fraction of sp³-hybridized carbons (Fsp3) is 0.227. The summed E-state index contributed by atoms with van der Waals surface area (Å²) in [5.41, 5.74) is 1.73. The summed E-state index contributed by atoms with van der Waals surface area (Å²) in [6.45, 7) is 4.62. The normalized spacial score (nSPS) is 12.4. The second kappa shape index (κ2) is 9.77. The third kappa shape index (κ3) is 5.84. The summed E-state index contributed by atoms with van der Waals surface area (Å²) in [5.74, 6) is 0.0436. The summed E-state index contributed by atoms with van der Waals surface area (Å²) in [5, 5.41) is 8.08. The molecule has 0 fully saturated rings. The molecule has 30 heavy (non-hydrogen) atoms. The zero-order valence-corrected chi connectivity index (χ0v) is 18.5. The number of carbonyl (C=O) groups is 1. The number of anilines is 2. The lowest BCUT2D eigenvalue weighted by atomic mass is 10.0. The number of sulfonamides is 1. The quantitative estimate of drug-likeness (QED) is 0.457. The van der Waals surface area contributed by atoms with E-state index in [1.807, 2.05) is 30.3 Å². The van der Waals surface area contributed by atoms with Gasteiger partial charge in [-0.15, -0.1) is 11.3 Å². The molecule has 2 aromatic carbocycles. The number of nitrogens with one attached hydrogen (secondary N) is 3. The first-order chi connectivity index (χ1) is 14.3. The van der Waals surface area contributed by atoms with Crippen molar-refractivity contribution in [2.75, 3.05) is 16.6 Å². The second-order valence-corrected chi connectivity index (χ2v) is 10.0. The minimum atomic E-state index is -3.66. The van der Waals surface area contributed by atoms with E-state index in [9.17, 15) is 13.2 Å². The fourth-order valence-corrected chi connectivity index (χ4v) is 4.89. The summed E-state index contributed by atoms with van der Waals surface area (Å²) in [4.78, 5) is 12.7. The lowest BCUT2D eigenvalue weighted by molar-refractivity contribution is 0.0950. The van der Waals surface area contributed by atoms with Crippen LogP contribution in [0.15, 0.2) is 76.3 Å². The number of hydrogen-bond acceptors (Lipinski definition) is 5. The number of carbonyl (C=O) groups excluding carboxylic acids is 1. The molecule has 0 radical (unpaired) electrons. The topological polar surface area (TPSA) is 87.3 Å². The van der Waals surface area contributed by atoms with Crippen molar-refractivity contribution >= 4 is 38.6 Å². The van der Waals surface area contributed by atoms with Gasteiger partial charge in [0.2, 0.25) is 0 Å². The Hall–Kier alpha value is -2.84. The Bertz CT molecular complexity index is 1070. The number of amides is 1. The molecule has 3 rings (SSSR count). The van der Waals surface area contributed by atoms with Crippen LogP contribution in [0.1, 0.15) is 24.2 Å². The van der Waals surface area contributed by atoms with E-state index in [0.29, 0.717) is 23.7 Å². The highest BCUT2D eigenvalue weighted by molar-refractivity contribution is 7.94. The van der Waals surface area contributed by atoms with Gasteiger partial charge in [0, 0.05) is 29.5 Å². The standard InChI is InChI=1S/C22H25N3O3S2/c1-16(2)20(24-18-9-4-3-5-10-18)15-23-22(26)17-8-6-11-19(14-17)25-30(27,28)21-12-7-13-29-21/h3-14,16,20,24-25H,15H2,1-2H3,(H,23,26). The summed E-state index contributed by atoms with van der Waals surface area (Å²) >= 11 is 1.14. The monoisotopic (exact) mass is 443 g/mol. The van der Waals surface area contributed by atoms with Gasteiger partial charge in [-0.05, 0) is 47.7 Å². The van der Waals surface area contributed by atoms with Crippen LogP contribution in [0, 0.1) is 5.92 Å². The van der Waals surface area contributed by atoms with Crippen molar-refractivity contribution < 1.29 is 13.2 Å². The van der Waals surface area contributed by atoms with Crippen LogP contribution in [0.25, 0.3) is 0 Å². The van der Waals surface area contributed by atoms with Crippen LogP contribution in [0.3, 0.4) is 0 Å². The predicted molar refractivity (Wildman–Crippen MR) is 123 cm³/mol. The molecule has 0 aliphatic heterocycles. The van der Waals surface area contributed by atoms with Crippen LogP contribution in [-0.4, -0.2) is 26.9 Å². The predicted octanol–water partition coefficient (Wildman–Crippen LogP) is 4.42. The average molecular weight is 444 g/mol. The molecule has 0 saturated heterocycles. The summed E-state index contributed by atoms with van der Waals surface area (Å²) < 4.78 is 27.5. The molecule has 1 aromatic heterocycles. The van der Waals surface area contributed by atoms with Crippen molar-refractivity contribution in [3.63, 3.8) is 0 Å². The molecule has 8 heteroatoms. The maximum atomic E-state index is 12.7. The van der Waals surface area contributed by atoms with Crippen LogP contribution in [0.2, 0.25) is 0 Å². The van der Waals surface area contributed by atoms with Gasteiger partial charge in [0.25, 0.3) is 15.9 Å². The van der Waals surface area contributed by atoms with Gasteiger partial charge >= 0.3 is 0 Å². The zero-order chi connectivity index (χ0) is 21.6. The summed E-state index contributed by atoms with van der Waals surface area (Å²) in [6, 6.07) is 19.6.